The molecule has 0 atom stereocenters. The van der Waals surface area contributed by atoms with Gasteiger partial charge in [-0.3, -0.25) is 9.59 Å². The Bertz CT molecular complexity index is 563. The minimum absolute atomic E-state index is 0.0292. The van der Waals surface area contributed by atoms with Crippen LogP contribution in [0, 0.1) is 0 Å². The standard InChI is InChI=1S/C12H13N3O2S2/c1-2-13-10(16)6-14-11(17)8-7-19-12(15-8)9-4-3-5-18-9/h3-5,7H,2,6H2,1H3,(H,13,16)(H,14,17). The Labute approximate surface area is 118 Å². The number of rotatable bonds is 5. The molecule has 0 aliphatic rings. The fourth-order valence-electron chi connectivity index (χ4n) is 1.40. The Balaban J connectivity index is 1.95. The van der Waals surface area contributed by atoms with E-state index in [9.17, 15) is 9.59 Å². The number of thiophene rings is 1. The first-order valence-electron chi connectivity index (χ1n) is 5.75. The quantitative estimate of drug-likeness (QED) is 0.882. The van der Waals surface area contributed by atoms with E-state index in [1.165, 1.54) is 11.3 Å². The zero-order valence-electron chi connectivity index (χ0n) is 10.3. The van der Waals surface area contributed by atoms with E-state index in [2.05, 4.69) is 15.6 Å². The molecule has 19 heavy (non-hydrogen) atoms. The van der Waals surface area contributed by atoms with E-state index in [1.54, 1.807) is 16.7 Å². The van der Waals surface area contributed by atoms with Crippen LogP contribution in [0.25, 0.3) is 9.88 Å². The van der Waals surface area contributed by atoms with Crippen molar-refractivity contribution in [3.8, 4) is 9.88 Å². The topological polar surface area (TPSA) is 71.1 Å². The molecule has 2 rings (SSSR count). The van der Waals surface area contributed by atoms with Gasteiger partial charge in [0.05, 0.1) is 11.4 Å². The lowest BCUT2D eigenvalue weighted by Crippen LogP contribution is -2.36. The summed E-state index contributed by atoms with van der Waals surface area (Å²) in [6, 6.07) is 3.90. The normalized spacial score (nSPS) is 10.2. The van der Waals surface area contributed by atoms with Crippen molar-refractivity contribution in [2.24, 2.45) is 0 Å². The molecule has 0 fully saturated rings. The molecule has 100 valence electrons. The van der Waals surface area contributed by atoms with Gasteiger partial charge in [0.1, 0.15) is 10.7 Å². The van der Waals surface area contributed by atoms with E-state index in [0.717, 1.165) is 9.88 Å². The van der Waals surface area contributed by atoms with Gasteiger partial charge >= 0.3 is 0 Å². The smallest absolute Gasteiger partial charge is 0.271 e. The molecule has 0 unspecified atom stereocenters. The maximum absolute atomic E-state index is 11.8. The summed E-state index contributed by atoms with van der Waals surface area (Å²) < 4.78 is 0. The maximum Gasteiger partial charge on any atom is 0.271 e. The molecular weight excluding hydrogens is 282 g/mol. The Morgan fingerprint density at radius 1 is 1.32 bits per heavy atom. The van der Waals surface area contributed by atoms with E-state index in [1.807, 2.05) is 24.4 Å². The van der Waals surface area contributed by atoms with Gasteiger partial charge in [0, 0.05) is 11.9 Å². The van der Waals surface area contributed by atoms with E-state index in [4.69, 9.17) is 0 Å². The van der Waals surface area contributed by atoms with Gasteiger partial charge in [0.25, 0.3) is 5.91 Å². The Hall–Kier alpha value is -1.73. The van der Waals surface area contributed by atoms with Gasteiger partial charge in [-0.15, -0.1) is 22.7 Å². The third-order valence-electron chi connectivity index (χ3n) is 2.25. The van der Waals surface area contributed by atoms with Gasteiger partial charge in [-0.05, 0) is 18.4 Å². The number of likely N-dealkylation sites (N-methyl/N-ethyl adjacent to an activating group) is 1. The van der Waals surface area contributed by atoms with E-state index in [0.29, 0.717) is 12.2 Å². The van der Waals surface area contributed by atoms with Crippen molar-refractivity contribution in [3.05, 3.63) is 28.6 Å². The average molecular weight is 295 g/mol. The van der Waals surface area contributed by atoms with Crippen molar-refractivity contribution in [2.45, 2.75) is 6.92 Å². The molecule has 0 radical (unpaired) electrons. The summed E-state index contributed by atoms with van der Waals surface area (Å²) >= 11 is 3.00. The average Bonchev–Trinajstić information content (AvgIpc) is 3.06. The molecule has 0 bridgehead atoms. The number of thiazole rings is 1. The molecule has 0 saturated heterocycles. The first-order chi connectivity index (χ1) is 9.20. The highest BCUT2D eigenvalue weighted by atomic mass is 32.1. The second kappa shape index (κ2) is 6.44. The molecule has 2 heterocycles. The lowest BCUT2D eigenvalue weighted by atomic mass is 10.4. The van der Waals surface area contributed by atoms with Crippen LogP contribution >= 0.6 is 22.7 Å². The number of hydrogen-bond donors (Lipinski definition) is 2. The van der Waals surface area contributed by atoms with Gasteiger partial charge in [-0.2, -0.15) is 0 Å². The third kappa shape index (κ3) is 3.62. The van der Waals surface area contributed by atoms with E-state index < -0.39 is 0 Å². The summed E-state index contributed by atoms with van der Waals surface area (Å²) in [5.41, 5.74) is 0.345. The summed E-state index contributed by atoms with van der Waals surface area (Å²) in [7, 11) is 0. The Morgan fingerprint density at radius 3 is 2.84 bits per heavy atom. The molecule has 0 aliphatic carbocycles. The molecule has 0 aromatic carbocycles. The molecule has 0 saturated carbocycles. The van der Waals surface area contributed by atoms with Crippen molar-refractivity contribution in [1.29, 1.82) is 0 Å². The molecule has 7 heteroatoms. The fourth-order valence-corrected chi connectivity index (χ4v) is 3.02. The van der Waals surface area contributed by atoms with Gasteiger partial charge in [-0.25, -0.2) is 4.98 Å². The second-order valence-electron chi connectivity index (χ2n) is 3.65. The number of nitrogens with zero attached hydrogens (tertiary/aromatic N) is 1. The summed E-state index contributed by atoms with van der Waals surface area (Å²) in [4.78, 5) is 28.3. The van der Waals surface area contributed by atoms with Crippen LogP contribution in [-0.2, 0) is 4.79 Å². The van der Waals surface area contributed by atoms with Crippen molar-refractivity contribution in [2.75, 3.05) is 13.1 Å². The minimum atomic E-state index is -0.328. The molecule has 2 aromatic rings. The largest absolute Gasteiger partial charge is 0.355 e. The molecule has 5 nitrogen and oxygen atoms in total. The van der Waals surface area contributed by atoms with Crippen molar-refractivity contribution >= 4 is 34.5 Å². The summed E-state index contributed by atoms with van der Waals surface area (Å²) in [5, 5.41) is 9.63. The first-order valence-corrected chi connectivity index (χ1v) is 7.51. The van der Waals surface area contributed by atoms with E-state index >= 15 is 0 Å². The van der Waals surface area contributed by atoms with Crippen molar-refractivity contribution in [3.63, 3.8) is 0 Å². The van der Waals surface area contributed by atoms with Gasteiger partial charge in [0.15, 0.2) is 0 Å². The number of carbonyl (C=O) groups excluding carboxylic acids is 2. The van der Waals surface area contributed by atoms with Crippen LogP contribution in [0.3, 0.4) is 0 Å². The molecule has 0 aliphatic heterocycles. The second-order valence-corrected chi connectivity index (χ2v) is 5.46. The van der Waals surface area contributed by atoms with Crippen LogP contribution in [0.2, 0.25) is 0 Å². The third-order valence-corrected chi connectivity index (χ3v) is 4.13. The highest BCUT2D eigenvalue weighted by Gasteiger charge is 2.13. The highest BCUT2D eigenvalue weighted by molar-refractivity contribution is 7.20. The van der Waals surface area contributed by atoms with Gasteiger partial charge in [0.2, 0.25) is 5.91 Å². The van der Waals surface area contributed by atoms with Crippen LogP contribution in [0.5, 0.6) is 0 Å². The number of hydrogen-bond acceptors (Lipinski definition) is 5. The lowest BCUT2D eigenvalue weighted by molar-refractivity contribution is -0.120. The zero-order chi connectivity index (χ0) is 13.7. The van der Waals surface area contributed by atoms with Crippen LogP contribution in [0.4, 0.5) is 0 Å². The Morgan fingerprint density at radius 2 is 2.16 bits per heavy atom. The predicted molar refractivity (Wildman–Crippen MR) is 76.4 cm³/mol. The van der Waals surface area contributed by atoms with Crippen LogP contribution in [0.1, 0.15) is 17.4 Å². The highest BCUT2D eigenvalue weighted by Crippen LogP contribution is 2.27. The number of aromatic nitrogens is 1. The maximum atomic E-state index is 11.8. The van der Waals surface area contributed by atoms with Gasteiger partial charge in [-0.1, -0.05) is 6.07 Å². The SMILES string of the molecule is CCNC(=O)CNC(=O)c1csc(-c2cccs2)n1. The predicted octanol–water partition coefficient (Wildman–Crippen LogP) is 1.74. The fraction of sp³-hybridized carbons (Fsp3) is 0.250. The van der Waals surface area contributed by atoms with Crippen molar-refractivity contribution < 1.29 is 9.59 Å². The number of carbonyl (C=O) groups is 2. The zero-order valence-corrected chi connectivity index (χ0v) is 11.9. The molecular formula is C12H13N3O2S2. The summed E-state index contributed by atoms with van der Waals surface area (Å²) in [6.07, 6.45) is 0. The minimum Gasteiger partial charge on any atom is -0.355 e. The number of nitrogens with one attached hydrogen (secondary N) is 2. The molecule has 2 aromatic heterocycles. The van der Waals surface area contributed by atoms with Gasteiger partial charge < -0.3 is 10.6 Å². The van der Waals surface area contributed by atoms with Crippen LogP contribution in [-0.4, -0.2) is 29.9 Å². The summed E-state index contributed by atoms with van der Waals surface area (Å²) in [6.45, 7) is 2.35. The monoisotopic (exact) mass is 295 g/mol. The van der Waals surface area contributed by atoms with Crippen molar-refractivity contribution in [1.82, 2.24) is 15.6 Å². The Kier molecular flexibility index (Phi) is 4.64. The molecule has 0 spiro atoms. The van der Waals surface area contributed by atoms with Crippen LogP contribution < -0.4 is 10.6 Å². The first kappa shape index (κ1) is 13.7. The lowest BCUT2D eigenvalue weighted by Gasteiger charge is -2.02. The van der Waals surface area contributed by atoms with E-state index in [-0.39, 0.29) is 18.4 Å². The summed E-state index contributed by atoms with van der Waals surface area (Å²) in [5.74, 6) is -0.533. The molecule has 2 N–H and O–H groups in total. The van der Waals surface area contributed by atoms with Crippen LogP contribution in [0.15, 0.2) is 22.9 Å². The molecule has 2 amide bonds. The number of amides is 2.